The lowest BCUT2D eigenvalue weighted by Crippen LogP contribution is -2.35. The number of benzene rings is 1. The van der Waals surface area contributed by atoms with E-state index < -0.39 is 51.5 Å². The average Bonchev–Trinajstić information content (AvgIpc) is 2.60. The minimum absolute atomic E-state index is 0.0498. The lowest BCUT2D eigenvalue weighted by Gasteiger charge is -2.20. The number of aromatic carboxylic acids is 1. The van der Waals surface area contributed by atoms with Crippen LogP contribution in [0.5, 0.6) is 0 Å². The van der Waals surface area contributed by atoms with Crippen LogP contribution in [0.2, 0.25) is 0 Å². The highest BCUT2D eigenvalue weighted by molar-refractivity contribution is 7.85. The van der Waals surface area contributed by atoms with Crippen molar-refractivity contribution in [3.05, 3.63) is 34.6 Å². The molecule has 0 bridgehead atoms. The quantitative estimate of drug-likeness (QED) is 0.147. The molecule has 0 saturated heterocycles. The van der Waals surface area contributed by atoms with Crippen LogP contribution in [-0.4, -0.2) is 79.7 Å². The van der Waals surface area contributed by atoms with Gasteiger partial charge in [0.2, 0.25) is 0 Å². The molecular weight excluding hydrogens is 399 g/mol. The molecule has 0 aromatic heterocycles. The molecule has 9 nitrogen and oxygen atoms in total. The van der Waals surface area contributed by atoms with Crippen LogP contribution in [-0.2, 0) is 37.0 Å². The SMILES string of the molecule is [B]Cc1c([B])c(C[B])c(C(=O)O/C=C/C(=O)OCCS(=O)(=O)O)c(C(=O)O)c1[B]. The van der Waals surface area contributed by atoms with Crippen molar-refractivity contribution in [2.75, 3.05) is 12.4 Å². The summed E-state index contributed by atoms with van der Waals surface area (Å²) < 4.78 is 38.7. The smallest absolute Gasteiger partial charge is 0.344 e. The summed E-state index contributed by atoms with van der Waals surface area (Å²) >= 11 is 0. The van der Waals surface area contributed by atoms with E-state index in [0.717, 1.165) is 0 Å². The average molecular weight is 412 g/mol. The fraction of sp³-hybridized carbons (Fsp3) is 0.267. The third-order valence-electron chi connectivity index (χ3n) is 3.59. The van der Waals surface area contributed by atoms with E-state index in [0.29, 0.717) is 12.3 Å². The molecular formula is C15H12B4O9S. The first-order valence-electron chi connectivity index (χ1n) is 7.80. The fourth-order valence-corrected chi connectivity index (χ4v) is 2.58. The van der Waals surface area contributed by atoms with E-state index in [1.807, 2.05) is 0 Å². The second kappa shape index (κ2) is 10.4. The van der Waals surface area contributed by atoms with Gasteiger partial charge in [0.25, 0.3) is 10.1 Å². The van der Waals surface area contributed by atoms with Crippen molar-refractivity contribution >= 4 is 70.3 Å². The van der Waals surface area contributed by atoms with Gasteiger partial charge in [0.15, 0.2) is 0 Å². The van der Waals surface area contributed by atoms with Crippen LogP contribution in [0.3, 0.4) is 0 Å². The number of carboxylic acid groups (broad SMARTS) is 1. The number of esters is 2. The fourth-order valence-electron chi connectivity index (χ4n) is 2.28. The Hall–Kier alpha value is -2.46. The Morgan fingerprint density at radius 1 is 1.00 bits per heavy atom. The zero-order valence-electron chi connectivity index (χ0n) is 15.0. The van der Waals surface area contributed by atoms with Crippen molar-refractivity contribution in [3.8, 4) is 0 Å². The van der Waals surface area contributed by atoms with Gasteiger partial charge >= 0.3 is 17.9 Å². The topological polar surface area (TPSA) is 144 Å². The van der Waals surface area contributed by atoms with Gasteiger partial charge in [-0.1, -0.05) is 29.1 Å². The molecule has 0 spiro atoms. The van der Waals surface area contributed by atoms with Gasteiger partial charge in [-0.05, 0) is 5.56 Å². The number of carbonyl (C=O) groups excluding carboxylic acids is 2. The first kappa shape index (κ1) is 24.6. The van der Waals surface area contributed by atoms with Gasteiger partial charge in [0.1, 0.15) is 34.3 Å². The molecule has 8 radical (unpaired) electrons. The van der Waals surface area contributed by atoms with Crippen LogP contribution in [0.4, 0.5) is 0 Å². The van der Waals surface area contributed by atoms with E-state index in [1.165, 1.54) is 0 Å². The number of rotatable bonds is 9. The van der Waals surface area contributed by atoms with E-state index in [4.69, 9.17) is 40.7 Å². The Bertz CT molecular complexity index is 957. The lowest BCUT2D eigenvalue weighted by molar-refractivity contribution is -0.137. The molecule has 1 rings (SSSR count). The predicted octanol–water partition coefficient (Wildman–Crippen LogP) is -2.59. The standard InChI is InChI=1S/C15H12B4O9S/c16-5-7-10(11(14(21)22)13(19)8(6-17)12(7)18)15(23)28-2-1-9(20)27-3-4-29(24,25)26/h1-2H,3-6H2,(H,21,22)(H,24,25,26)/b2-1+. The predicted molar refractivity (Wildman–Crippen MR) is 105 cm³/mol. The second-order valence-electron chi connectivity index (χ2n) is 5.41. The molecule has 0 amide bonds. The highest BCUT2D eigenvalue weighted by Gasteiger charge is 2.26. The minimum atomic E-state index is -4.31. The molecule has 1 aromatic rings. The third-order valence-corrected chi connectivity index (χ3v) is 4.27. The van der Waals surface area contributed by atoms with Crippen LogP contribution in [0, 0.1) is 0 Å². The molecule has 0 heterocycles. The highest BCUT2D eigenvalue weighted by atomic mass is 32.2. The molecule has 144 valence electrons. The molecule has 29 heavy (non-hydrogen) atoms. The minimum Gasteiger partial charge on any atom is -0.478 e. The molecule has 14 heteroatoms. The summed E-state index contributed by atoms with van der Waals surface area (Å²) in [6.07, 6.45) is 0.694. The summed E-state index contributed by atoms with van der Waals surface area (Å²) in [6.45, 7) is -0.635. The summed E-state index contributed by atoms with van der Waals surface area (Å²) in [4.78, 5) is 35.4. The van der Waals surface area contributed by atoms with Crippen LogP contribution in [0.15, 0.2) is 12.3 Å². The largest absolute Gasteiger partial charge is 0.478 e. The molecule has 0 aliphatic rings. The molecule has 0 fully saturated rings. The Labute approximate surface area is 172 Å². The summed E-state index contributed by atoms with van der Waals surface area (Å²) in [5, 5.41) is 9.43. The molecule has 0 atom stereocenters. The van der Waals surface area contributed by atoms with Crippen LogP contribution >= 0.6 is 0 Å². The molecule has 0 saturated carbocycles. The van der Waals surface area contributed by atoms with Crippen LogP contribution in [0.25, 0.3) is 0 Å². The Morgan fingerprint density at radius 2 is 1.59 bits per heavy atom. The summed E-state index contributed by atoms with van der Waals surface area (Å²) in [5.41, 5.74) is -1.43. The number of carboxylic acids is 1. The Morgan fingerprint density at radius 3 is 2.07 bits per heavy atom. The Balaban J connectivity index is 3.10. The molecule has 0 aliphatic carbocycles. The zero-order valence-corrected chi connectivity index (χ0v) is 15.8. The zero-order chi connectivity index (χ0) is 22.4. The monoisotopic (exact) mass is 412 g/mol. The molecule has 0 aliphatic heterocycles. The molecule has 2 N–H and O–H groups in total. The van der Waals surface area contributed by atoms with Gasteiger partial charge in [-0.3, -0.25) is 4.55 Å². The van der Waals surface area contributed by atoms with E-state index >= 15 is 0 Å². The molecule has 0 unspecified atom stereocenters. The van der Waals surface area contributed by atoms with Gasteiger partial charge in [0.05, 0.1) is 32.9 Å². The van der Waals surface area contributed by atoms with Crippen molar-refractivity contribution in [3.63, 3.8) is 0 Å². The van der Waals surface area contributed by atoms with E-state index in [9.17, 15) is 27.9 Å². The lowest BCUT2D eigenvalue weighted by atomic mass is 9.68. The second-order valence-corrected chi connectivity index (χ2v) is 6.98. The summed E-state index contributed by atoms with van der Waals surface area (Å²) in [7, 11) is 18.4. The van der Waals surface area contributed by atoms with Crippen molar-refractivity contribution < 1.29 is 41.9 Å². The van der Waals surface area contributed by atoms with E-state index in [-0.39, 0.29) is 34.7 Å². The number of ether oxygens (including phenoxy) is 2. The molecule has 1 aromatic carbocycles. The van der Waals surface area contributed by atoms with Crippen LogP contribution in [0.1, 0.15) is 31.8 Å². The van der Waals surface area contributed by atoms with Crippen molar-refractivity contribution in [1.82, 2.24) is 0 Å². The number of hydrogen-bond donors (Lipinski definition) is 2. The van der Waals surface area contributed by atoms with Crippen LogP contribution < -0.4 is 10.9 Å². The van der Waals surface area contributed by atoms with E-state index in [1.54, 1.807) is 0 Å². The first-order chi connectivity index (χ1) is 13.4. The van der Waals surface area contributed by atoms with Gasteiger partial charge in [0, 0.05) is 0 Å². The number of carbonyl (C=O) groups is 3. The van der Waals surface area contributed by atoms with Gasteiger partial charge in [-0.25, -0.2) is 14.4 Å². The van der Waals surface area contributed by atoms with Crippen molar-refractivity contribution in [2.24, 2.45) is 0 Å². The Kier molecular flexibility index (Phi) is 8.78. The highest BCUT2D eigenvalue weighted by Crippen LogP contribution is 2.16. The van der Waals surface area contributed by atoms with Gasteiger partial charge in [-0.15, -0.1) is 0 Å². The number of hydrogen-bond acceptors (Lipinski definition) is 7. The maximum atomic E-state index is 12.4. The summed E-state index contributed by atoms with van der Waals surface area (Å²) in [6, 6.07) is 0. The maximum absolute atomic E-state index is 12.4. The first-order valence-corrected chi connectivity index (χ1v) is 9.41. The van der Waals surface area contributed by atoms with Crippen molar-refractivity contribution in [1.29, 1.82) is 0 Å². The van der Waals surface area contributed by atoms with Crippen molar-refractivity contribution in [2.45, 2.75) is 12.6 Å². The maximum Gasteiger partial charge on any atom is 0.344 e. The van der Waals surface area contributed by atoms with Gasteiger partial charge < -0.3 is 14.6 Å². The van der Waals surface area contributed by atoms with E-state index in [2.05, 4.69) is 4.74 Å². The summed E-state index contributed by atoms with van der Waals surface area (Å²) in [5.74, 6) is -4.67. The normalized spacial score (nSPS) is 11.3. The third kappa shape index (κ3) is 6.53. The van der Waals surface area contributed by atoms with Gasteiger partial charge in [-0.2, -0.15) is 8.42 Å².